The molecule has 0 saturated heterocycles. The number of sulfonamides is 1. The number of nitrogens with zero attached hydrogens (tertiary/aromatic N) is 1. The molecule has 0 unspecified atom stereocenters. The quantitative estimate of drug-likeness (QED) is 0.461. The fraction of sp³-hybridized carbons (Fsp3) is 0.333. The first-order chi connectivity index (χ1) is 15.1. The maximum atomic E-state index is 13.7. The van der Waals surface area contributed by atoms with Gasteiger partial charge in [0, 0.05) is 11.8 Å². The van der Waals surface area contributed by atoms with Crippen LogP contribution in [0.25, 0.3) is 11.0 Å². The van der Waals surface area contributed by atoms with Crippen molar-refractivity contribution in [2.75, 3.05) is 10.9 Å². The third-order valence-electron chi connectivity index (χ3n) is 5.11. The van der Waals surface area contributed by atoms with E-state index in [0.29, 0.717) is 28.7 Å². The zero-order valence-electron chi connectivity index (χ0n) is 18.9. The van der Waals surface area contributed by atoms with Crippen LogP contribution in [-0.4, -0.2) is 26.9 Å². The SMILES string of the molecule is CCCC(=O)N(c1ccc2oc(C)c(C(=O)OCC)c2c1)S(=O)(=O)c1cc(C)ccc1C. The summed E-state index contributed by atoms with van der Waals surface area (Å²) in [5, 5.41) is 0.393. The lowest BCUT2D eigenvalue weighted by atomic mass is 10.1. The lowest BCUT2D eigenvalue weighted by molar-refractivity contribution is -0.117. The molecule has 2 aromatic carbocycles. The minimum Gasteiger partial charge on any atom is -0.462 e. The van der Waals surface area contributed by atoms with Crippen molar-refractivity contribution in [3.63, 3.8) is 0 Å². The van der Waals surface area contributed by atoms with Gasteiger partial charge in [0.2, 0.25) is 5.91 Å². The Balaban J connectivity index is 2.24. The monoisotopic (exact) mass is 457 g/mol. The van der Waals surface area contributed by atoms with E-state index < -0.39 is 21.9 Å². The van der Waals surface area contributed by atoms with E-state index in [0.717, 1.165) is 9.87 Å². The maximum absolute atomic E-state index is 13.7. The normalized spacial score (nSPS) is 11.5. The van der Waals surface area contributed by atoms with Crippen LogP contribution in [0.1, 0.15) is 53.9 Å². The van der Waals surface area contributed by atoms with Crippen LogP contribution >= 0.6 is 0 Å². The first-order valence-electron chi connectivity index (χ1n) is 10.5. The second kappa shape index (κ2) is 9.16. The molecule has 0 bridgehead atoms. The third kappa shape index (κ3) is 4.27. The van der Waals surface area contributed by atoms with Crippen LogP contribution in [-0.2, 0) is 19.6 Å². The lowest BCUT2D eigenvalue weighted by Crippen LogP contribution is -2.37. The first kappa shape index (κ1) is 23.5. The smallest absolute Gasteiger partial charge is 0.342 e. The molecule has 3 aromatic rings. The highest BCUT2D eigenvalue weighted by Crippen LogP contribution is 2.33. The number of hydrogen-bond acceptors (Lipinski definition) is 6. The number of amides is 1. The number of benzene rings is 2. The van der Waals surface area contributed by atoms with Crippen LogP contribution in [0.15, 0.2) is 45.7 Å². The summed E-state index contributed by atoms with van der Waals surface area (Å²) in [6.45, 7) is 8.81. The van der Waals surface area contributed by atoms with E-state index in [9.17, 15) is 18.0 Å². The Kier molecular flexibility index (Phi) is 6.74. The number of esters is 1. The van der Waals surface area contributed by atoms with E-state index in [-0.39, 0.29) is 29.2 Å². The van der Waals surface area contributed by atoms with E-state index in [1.54, 1.807) is 45.9 Å². The molecular weight excluding hydrogens is 430 g/mol. The summed E-state index contributed by atoms with van der Waals surface area (Å²) in [4.78, 5) is 25.6. The average molecular weight is 458 g/mol. The second-order valence-corrected chi connectivity index (χ2v) is 9.37. The van der Waals surface area contributed by atoms with Gasteiger partial charge in [0.25, 0.3) is 10.0 Å². The van der Waals surface area contributed by atoms with Crippen LogP contribution in [0.3, 0.4) is 0 Å². The molecule has 1 heterocycles. The van der Waals surface area contributed by atoms with Crippen LogP contribution in [0.4, 0.5) is 5.69 Å². The molecule has 0 N–H and O–H groups in total. The minimum absolute atomic E-state index is 0.0529. The molecule has 0 radical (unpaired) electrons. The molecule has 0 aliphatic heterocycles. The maximum Gasteiger partial charge on any atom is 0.342 e. The molecule has 3 rings (SSSR count). The standard InChI is InChI=1S/C24H27NO6S/c1-6-8-22(26)25(32(28,29)21-13-15(3)9-10-16(21)4)18-11-12-20-19(14-18)23(17(5)31-20)24(27)30-7-2/h9-14H,6-8H2,1-5H3. The van der Waals surface area contributed by atoms with E-state index in [4.69, 9.17) is 9.15 Å². The summed E-state index contributed by atoms with van der Waals surface area (Å²) < 4.78 is 39.0. The number of fused-ring (bicyclic) bond motifs is 1. The number of hydrogen-bond donors (Lipinski definition) is 0. The van der Waals surface area contributed by atoms with Gasteiger partial charge in [-0.15, -0.1) is 0 Å². The van der Waals surface area contributed by atoms with E-state index in [1.165, 1.54) is 12.1 Å². The van der Waals surface area contributed by atoms with Crippen molar-refractivity contribution in [1.29, 1.82) is 0 Å². The van der Waals surface area contributed by atoms with Crippen LogP contribution < -0.4 is 4.31 Å². The van der Waals surface area contributed by atoms with Gasteiger partial charge in [0.15, 0.2) is 0 Å². The Morgan fingerprint density at radius 2 is 1.75 bits per heavy atom. The zero-order chi connectivity index (χ0) is 23.6. The highest BCUT2D eigenvalue weighted by molar-refractivity contribution is 7.93. The third-order valence-corrected chi connectivity index (χ3v) is 7.00. The van der Waals surface area contributed by atoms with Gasteiger partial charge in [-0.3, -0.25) is 4.79 Å². The minimum atomic E-state index is -4.20. The molecule has 8 heteroatoms. The molecule has 0 atom stereocenters. The van der Waals surface area contributed by atoms with Crippen LogP contribution in [0.2, 0.25) is 0 Å². The van der Waals surface area contributed by atoms with Gasteiger partial charge < -0.3 is 9.15 Å². The van der Waals surface area contributed by atoms with E-state index in [2.05, 4.69) is 0 Å². The molecule has 0 spiro atoms. The Labute approximate surface area is 188 Å². The van der Waals surface area contributed by atoms with Crippen LogP contribution in [0.5, 0.6) is 0 Å². The van der Waals surface area contributed by atoms with Crippen molar-refractivity contribution in [3.05, 3.63) is 58.8 Å². The predicted molar refractivity (Wildman–Crippen MR) is 122 cm³/mol. The average Bonchev–Trinajstić information content (AvgIpc) is 3.05. The number of furan rings is 1. The number of anilines is 1. The molecule has 0 fully saturated rings. The van der Waals surface area contributed by atoms with Gasteiger partial charge in [-0.1, -0.05) is 19.1 Å². The molecule has 7 nitrogen and oxygen atoms in total. The van der Waals surface area contributed by atoms with Gasteiger partial charge in [0.05, 0.1) is 17.2 Å². The molecule has 0 saturated carbocycles. The summed E-state index contributed by atoms with van der Waals surface area (Å²) in [5.41, 5.74) is 2.07. The Morgan fingerprint density at radius 1 is 1.03 bits per heavy atom. The summed E-state index contributed by atoms with van der Waals surface area (Å²) >= 11 is 0. The molecule has 170 valence electrons. The summed E-state index contributed by atoms with van der Waals surface area (Å²) in [6, 6.07) is 9.65. The number of carbonyl (C=O) groups is 2. The number of ether oxygens (including phenoxy) is 1. The molecule has 1 aromatic heterocycles. The van der Waals surface area contributed by atoms with Gasteiger partial charge in [-0.25, -0.2) is 17.5 Å². The first-order valence-corrected chi connectivity index (χ1v) is 11.9. The fourth-order valence-corrected chi connectivity index (χ4v) is 5.36. The molecule has 1 amide bonds. The zero-order valence-corrected chi connectivity index (χ0v) is 19.7. The summed E-state index contributed by atoms with van der Waals surface area (Å²) in [5.74, 6) is -0.755. The largest absolute Gasteiger partial charge is 0.462 e. The Hall–Kier alpha value is -3.13. The lowest BCUT2D eigenvalue weighted by Gasteiger charge is -2.24. The van der Waals surface area contributed by atoms with Crippen molar-refractivity contribution in [2.24, 2.45) is 0 Å². The van der Waals surface area contributed by atoms with E-state index >= 15 is 0 Å². The molecular formula is C24H27NO6S. The topological polar surface area (TPSA) is 93.9 Å². The van der Waals surface area contributed by atoms with Gasteiger partial charge in [-0.2, -0.15) is 0 Å². The molecule has 0 aliphatic carbocycles. The van der Waals surface area contributed by atoms with Crippen molar-refractivity contribution in [2.45, 2.75) is 52.4 Å². The Morgan fingerprint density at radius 3 is 2.41 bits per heavy atom. The van der Waals surface area contributed by atoms with Crippen molar-refractivity contribution in [1.82, 2.24) is 0 Å². The number of carbonyl (C=O) groups excluding carboxylic acids is 2. The number of rotatable bonds is 7. The van der Waals surface area contributed by atoms with Crippen molar-refractivity contribution in [3.8, 4) is 0 Å². The van der Waals surface area contributed by atoms with Crippen molar-refractivity contribution >= 4 is 38.6 Å². The van der Waals surface area contributed by atoms with Gasteiger partial charge >= 0.3 is 5.97 Å². The van der Waals surface area contributed by atoms with Crippen LogP contribution in [0, 0.1) is 20.8 Å². The second-order valence-electron chi connectivity index (χ2n) is 7.62. The number of aryl methyl sites for hydroxylation is 3. The fourth-order valence-electron chi connectivity index (χ4n) is 3.61. The highest BCUT2D eigenvalue weighted by Gasteiger charge is 2.32. The van der Waals surface area contributed by atoms with E-state index in [1.807, 2.05) is 13.0 Å². The summed E-state index contributed by atoms with van der Waals surface area (Å²) in [6.07, 6.45) is 0.538. The molecule has 32 heavy (non-hydrogen) atoms. The van der Waals surface area contributed by atoms with Gasteiger partial charge in [0.1, 0.15) is 16.9 Å². The highest BCUT2D eigenvalue weighted by atomic mass is 32.2. The predicted octanol–water partition coefficient (Wildman–Crippen LogP) is 5.06. The van der Waals surface area contributed by atoms with Crippen molar-refractivity contribution < 1.29 is 27.2 Å². The van der Waals surface area contributed by atoms with Gasteiger partial charge in [-0.05, 0) is 69.5 Å². The summed E-state index contributed by atoms with van der Waals surface area (Å²) in [7, 11) is -4.20. The molecule has 0 aliphatic rings. The Bertz CT molecular complexity index is 1290.